The molecular weight excluding hydrogens is 274 g/mol. The lowest BCUT2D eigenvalue weighted by Gasteiger charge is -2.39. The topological polar surface area (TPSA) is 159 Å². The number of aliphatic hydroxyl groups excluding tert-OH is 4. The number of rotatable bonds is 5. The molecule has 5 N–H and O–H groups in total. The van der Waals surface area contributed by atoms with E-state index in [1.807, 2.05) is 0 Å². The molecule has 0 aliphatic carbocycles. The third-order valence-corrected chi connectivity index (χ3v) is 2.80. The minimum atomic E-state index is -1.73. The van der Waals surface area contributed by atoms with Crippen molar-refractivity contribution in [1.29, 1.82) is 0 Å². The maximum atomic E-state index is 11.1. The number of carboxylic acid groups (broad SMARTS) is 1. The molecule has 1 unspecified atom stereocenters. The number of nitrogens with one attached hydrogen (secondary N) is 1. The van der Waals surface area contributed by atoms with E-state index in [-0.39, 0.29) is 0 Å². The molecule has 0 spiro atoms. The molecule has 0 radical (unpaired) electrons. The number of carbonyl (C=O) groups excluding carboxylic acids is 2. The maximum absolute atomic E-state index is 11.1. The number of hydrogen-bond acceptors (Lipinski definition) is 8. The summed E-state index contributed by atoms with van der Waals surface area (Å²) in [5.41, 5.74) is 0. The fourth-order valence-electron chi connectivity index (χ4n) is 1.84. The predicted octanol–water partition coefficient (Wildman–Crippen LogP) is -4.40. The standard InChI is InChI=1S/C11H17NO8/c1-4(14)12-8-5(15)2-7(11(18)19)20-10(8)9(17)6(16)3-13/h2,5-6,8-10,13,15-17H,3H2,1H3,(H,12,14)(H,18,19)/p-1/t5-,6-,8-,9-,10?/m1/s1. The molecule has 0 saturated heterocycles. The van der Waals surface area contributed by atoms with Crippen LogP contribution in [-0.2, 0) is 14.3 Å². The van der Waals surface area contributed by atoms with Gasteiger partial charge in [-0.2, -0.15) is 0 Å². The molecule has 1 rings (SSSR count). The van der Waals surface area contributed by atoms with Crippen LogP contribution in [0.1, 0.15) is 6.92 Å². The zero-order valence-electron chi connectivity index (χ0n) is 10.6. The number of carboxylic acids is 1. The number of hydrogen-bond donors (Lipinski definition) is 5. The van der Waals surface area contributed by atoms with Crippen molar-refractivity contribution in [2.24, 2.45) is 0 Å². The van der Waals surface area contributed by atoms with E-state index in [1.165, 1.54) is 0 Å². The van der Waals surface area contributed by atoms with Gasteiger partial charge in [-0.05, 0) is 6.08 Å². The summed E-state index contributed by atoms with van der Waals surface area (Å²) in [6, 6.07) is -1.19. The number of aliphatic hydroxyl groups is 4. The summed E-state index contributed by atoms with van der Waals surface area (Å²) in [5.74, 6) is -3.01. The number of carbonyl (C=O) groups is 2. The molecule has 9 heteroatoms. The van der Waals surface area contributed by atoms with Crippen LogP contribution in [0.25, 0.3) is 0 Å². The van der Waals surface area contributed by atoms with Crippen molar-refractivity contribution in [1.82, 2.24) is 5.32 Å². The molecule has 0 aromatic carbocycles. The lowest BCUT2D eigenvalue weighted by atomic mass is 9.94. The molecule has 0 saturated carbocycles. The Morgan fingerprint density at radius 3 is 2.55 bits per heavy atom. The lowest BCUT2D eigenvalue weighted by Crippen LogP contribution is -2.60. The second kappa shape index (κ2) is 6.66. The van der Waals surface area contributed by atoms with Gasteiger partial charge in [-0.3, -0.25) is 4.79 Å². The average molecular weight is 290 g/mol. The summed E-state index contributed by atoms with van der Waals surface area (Å²) < 4.78 is 4.92. The molecule has 0 aromatic rings. The molecule has 0 fully saturated rings. The Labute approximate surface area is 114 Å². The maximum Gasteiger partial charge on any atom is 0.217 e. The summed E-state index contributed by atoms with van der Waals surface area (Å²) in [6.07, 6.45) is -5.48. The summed E-state index contributed by atoms with van der Waals surface area (Å²) in [5, 5.41) is 50.8. The molecule has 114 valence electrons. The van der Waals surface area contributed by atoms with Crippen molar-refractivity contribution in [3.63, 3.8) is 0 Å². The fourth-order valence-corrected chi connectivity index (χ4v) is 1.84. The monoisotopic (exact) mass is 290 g/mol. The van der Waals surface area contributed by atoms with E-state index in [9.17, 15) is 30.0 Å². The van der Waals surface area contributed by atoms with Gasteiger partial charge >= 0.3 is 0 Å². The minimum absolute atomic E-state index is 0.557. The number of ether oxygens (including phenoxy) is 1. The Hall–Kier alpha value is -1.68. The first-order chi connectivity index (χ1) is 9.27. The molecule has 0 bridgehead atoms. The fraction of sp³-hybridized carbons (Fsp3) is 0.636. The number of aliphatic carboxylic acids is 1. The van der Waals surface area contributed by atoms with Gasteiger partial charge < -0.3 is 40.4 Å². The largest absolute Gasteiger partial charge is 0.542 e. The molecule has 1 aliphatic rings. The van der Waals surface area contributed by atoms with E-state index in [4.69, 9.17) is 9.84 Å². The highest BCUT2D eigenvalue weighted by Crippen LogP contribution is 2.22. The zero-order valence-corrected chi connectivity index (χ0v) is 10.6. The highest BCUT2D eigenvalue weighted by Gasteiger charge is 2.41. The van der Waals surface area contributed by atoms with E-state index < -0.39 is 54.7 Å². The molecule has 1 heterocycles. The van der Waals surface area contributed by atoms with Crippen LogP contribution >= 0.6 is 0 Å². The lowest BCUT2D eigenvalue weighted by molar-refractivity contribution is -0.305. The van der Waals surface area contributed by atoms with Crippen molar-refractivity contribution in [2.75, 3.05) is 6.61 Å². The van der Waals surface area contributed by atoms with Crippen LogP contribution in [0.15, 0.2) is 11.8 Å². The van der Waals surface area contributed by atoms with Gasteiger partial charge in [0.25, 0.3) is 0 Å². The van der Waals surface area contributed by atoms with Gasteiger partial charge in [-0.15, -0.1) is 0 Å². The molecule has 0 aromatic heterocycles. The van der Waals surface area contributed by atoms with E-state index in [2.05, 4.69) is 5.32 Å². The van der Waals surface area contributed by atoms with Gasteiger partial charge in [-0.1, -0.05) is 0 Å². The average Bonchev–Trinajstić information content (AvgIpc) is 2.38. The normalized spacial score (nSPS) is 28.9. The summed E-state index contributed by atoms with van der Waals surface area (Å²) >= 11 is 0. The van der Waals surface area contributed by atoms with E-state index >= 15 is 0 Å². The molecule has 1 amide bonds. The van der Waals surface area contributed by atoms with Crippen LogP contribution in [-0.4, -0.2) is 69.4 Å². The Balaban J connectivity index is 3.04. The SMILES string of the molecule is CC(=O)N[C@H]1C([C@H](O)[C@H](O)CO)OC(C(=O)[O-])=C[C@H]1O. The van der Waals surface area contributed by atoms with Crippen molar-refractivity contribution < 1.29 is 39.9 Å². The quantitative estimate of drug-likeness (QED) is 0.339. The van der Waals surface area contributed by atoms with Gasteiger partial charge in [0.05, 0.1) is 18.8 Å². The third kappa shape index (κ3) is 3.67. The Morgan fingerprint density at radius 1 is 1.50 bits per heavy atom. The van der Waals surface area contributed by atoms with Crippen LogP contribution in [0.5, 0.6) is 0 Å². The number of amides is 1. The second-order valence-electron chi connectivity index (χ2n) is 4.36. The molecule has 5 atom stereocenters. The van der Waals surface area contributed by atoms with Crippen molar-refractivity contribution >= 4 is 11.9 Å². The van der Waals surface area contributed by atoms with E-state index in [0.717, 1.165) is 13.0 Å². The van der Waals surface area contributed by atoms with Gasteiger partial charge in [0.2, 0.25) is 5.91 Å². The highest BCUT2D eigenvalue weighted by molar-refractivity contribution is 5.82. The Bertz CT molecular complexity index is 409. The second-order valence-corrected chi connectivity index (χ2v) is 4.36. The first-order valence-electron chi connectivity index (χ1n) is 5.80. The van der Waals surface area contributed by atoms with Crippen LogP contribution in [0.3, 0.4) is 0 Å². The highest BCUT2D eigenvalue weighted by atomic mass is 16.5. The third-order valence-electron chi connectivity index (χ3n) is 2.80. The van der Waals surface area contributed by atoms with Gasteiger partial charge in [0.1, 0.15) is 23.9 Å². The van der Waals surface area contributed by atoms with Crippen LogP contribution in [0, 0.1) is 0 Å². The summed E-state index contributed by atoms with van der Waals surface area (Å²) in [6.45, 7) is 0.338. The van der Waals surface area contributed by atoms with Crippen molar-refractivity contribution in [2.45, 2.75) is 37.4 Å². The van der Waals surface area contributed by atoms with Crippen LogP contribution in [0.2, 0.25) is 0 Å². The molecule has 9 nitrogen and oxygen atoms in total. The first kappa shape index (κ1) is 16.4. The predicted molar refractivity (Wildman–Crippen MR) is 60.7 cm³/mol. The Kier molecular flexibility index (Phi) is 5.45. The zero-order chi connectivity index (χ0) is 15.4. The Morgan fingerprint density at radius 2 is 2.10 bits per heavy atom. The summed E-state index contributed by atoms with van der Waals surface area (Å²) in [7, 11) is 0. The summed E-state index contributed by atoms with van der Waals surface area (Å²) in [4.78, 5) is 21.8. The van der Waals surface area contributed by atoms with Gasteiger partial charge in [0, 0.05) is 6.92 Å². The van der Waals surface area contributed by atoms with Crippen molar-refractivity contribution in [3.8, 4) is 0 Å². The molecule has 20 heavy (non-hydrogen) atoms. The first-order valence-corrected chi connectivity index (χ1v) is 5.80. The van der Waals surface area contributed by atoms with Crippen molar-refractivity contribution in [3.05, 3.63) is 11.8 Å². The van der Waals surface area contributed by atoms with Crippen LogP contribution in [0.4, 0.5) is 0 Å². The van der Waals surface area contributed by atoms with Crippen LogP contribution < -0.4 is 10.4 Å². The van der Waals surface area contributed by atoms with E-state index in [0.29, 0.717) is 0 Å². The minimum Gasteiger partial charge on any atom is -0.542 e. The smallest absolute Gasteiger partial charge is 0.217 e. The molecule has 1 aliphatic heterocycles. The van der Waals surface area contributed by atoms with Gasteiger partial charge in [0.15, 0.2) is 6.10 Å². The molecular formula is C11H16NO8-. The van der Waals surface area contributed by atoms with Gasteiger partial charge in [-0.25, -0.2) is 0 Å². The van der Waals surface area contributed by atoms with E-state index in [1.54, 1.807) is 0 Å².